The van der Waals surface area contributed by atoms with E-state index in [1.54, 1.807) is 42.5 Å². The maximum atomic E-state index is 12.6. The number of carbonyl (C=O) groups excluding carboxylic acids is 2. The van der Waals surface area contributed by atoms with Crippen molar-refractivity contribution in [2.45, 2.75) is 0 Å². The third-order valence-electron chi connectivity index (χ3n) is 4.31. The third kappa shape index (κ3) is 6.14. The molecule has 0 fully saturated rings. The van der Waals surface area contributed by atoms with Gasteiger partial charge in [0.1, 0.15) is 11.6 Å². The van der Waals surface area contributed by atoms with E-state index in [1.807, 2.05) is 6.07 Å². The first kappa shape index (κ1) is 24.3. The Bertz CT molecular complexity index is 1290. The number of nitrogens with zero attached hydrogens (tertiary/aromatic N) is 1. The Labute approximate surface area is 208 Å². The summed E-state index contributed by atoms with van der Waals surface area (Å²) >= 11 is 15.4. The average molecular weight is 546 g/mol. The Hall–Kier alpha value is -3.31. The van der Waals surface area contributed by atoms with Crippen LogP contribution in [0.3, 0.4) is 0 Å². The number of hydrogen-bond acceptors (Lipinski definition) is 5. The first-order valence-corrected chi connectivity index (χ1v) is 10.9. The van der Waals surface area contributed by atoms with Crippen molar-refractivity contribution in [2.24, 2.45) is 0 Å². The van der Waals surface area contributed by atoms with Crippen LogP contribution in [0.5, 0.6) is 11.5 Å². The Morgan fingerprint density at radius 2 is 1.82 bits per heavy atom. The highest BCUT2D eigenvalue weighted by Gasteiger charge is 2.18. The van der Waals surface area contributed by atoms with E-state index in [-0.39, 0.29) is 27.8 Å². The van der Waals surface area contributed by atoms with Gasteiger partial charge in [-0.3, -0.25) is 4.79 Å². The first-order chi connectivity index (χ1) is 15.8. The molecule has 0 atom stereocenters. The van der Waals surface area contributed by atoms with Crippen LogP contribution in [0.1, 0.15) is 15.9 Å². The molecule has 0 aliphatic carbocycles. The largest absolute Gasteiger partial charge is 0.493 e. The number of amides is 1. The summed E-state index contributed by atoms with van der Waals surface area (Å²) in [5, 5.41) is 12.7. The maximum Gasteiger partial charge on any atom is 0.343 e. The molecule has 0 radical (unpaired) electrons. The predicted octanol–water partition coefficient (Wildman–Crippen LogP) is 6.53. The van der Waals surface area contributed by atoms with Crippen LogP contribution in [-0.4, -0.2) is 19.0 Å². The number of hydrogen-bond donors (Lipinski definition) is 1. The van der Waals surface area contributed by atoms with Gasteiger partial charge in [0, 0.05) is 5.02 Å². The Kier molecular flexibility index (Phi) is 8.12. The van der Waals surface area contributed by atoms with E-state index in [2.05, 4.69) is 21.2 Å². The van der Waals surface area contributed by atoms with Crippen molar-refractivity contribution in [3.05, 3.63) is 91.9 Å². The lowest BCUT2D eigenvalue weighted by atomic mass is 10.1. The minimum absolute atomic E-state index is 0.164. The summed E-state index contributed by atoms with van der Waals surface area (Å²) < 4.78 is 11.2. The molecule has 3 rings (SSSR count). The molecule has 1 N–H and O–H groups in total. The fraction of sp³-hybridized carbons (Fsp3) is 0.0417. The Morgan fingerprint density at radius 3 is 2.48 bits per heavy atom. The minimum atomic E-state index is -0.670. The molecule has 0 aliphatic heterocycles. The zero-order valence-electron chi connectivity index (χ0n) is 17.1. The molecule has 0 saturated heterocycles. The van der Waals surface area contributed by atoms with Crippen LogP contribution in [0.2, 0.25) is 10.0 Å². The van der Waals surface area contributed by atoms with Crippen LogP contribution in [0, 0.1) is 11.3 Å². The number of nitriles is 1. The van der Waals surface area contributed by atoms with Crippen LogP contribution in [-0.2, 0) is 4.79 Å². The van der Waals surface area contributed by atoms with Gasteiger partial charge in [-0.05, 0) is 70.0 Å². The highest BCUT2D eigenvalue weighted by molar-refractivity contribution is 9.10. The zero-order chi connectivity index (χ0) is 24.0. The molecule has 1 amide bonds. The van der Waals surface area contributed by atoms with Crippen LogP contribution in [0.25, 0.3) is 6.08 Å². The summed E-state index contributed by atoms with van der Waals surface area (Å²) in [7, 11) is 1.41. The molecular formula is C24H15BrCl2N2O4. The van der Waals surface area contributed by atoms with Gasteiger partial charge in [0.05, 0.1) is 27.9 Å². The van der Waals surface area contributed by atoms with Gasteiger partial charge in [0.15, 0.2) is 11.5 Å². The van der Waals surface area contributed by atoms with E-state index >= 15 is 0 Å². The zero-order valence-corrected chi connectivity index (χ0v) is 20.2. The lowest BCUT2D eigenvalue weighted by molar-refractivity contribution is -0.112. The summed E-state index contributed by atoms with van der Waals surface area (Å²) in [6, 6.07) is 18.1. The van der Waals surface area contributed by atoms with Gasteiger partial charge in [-0.15, -0.1) is 0 Å². The van der Waals surface area contributed by atoms with Gasteiger partial charge in [-0.25, -0.2) is 4.79 Å². The second-order valence-corrected chi connectivity index (χ2v) is 8.24. The monoisotopic (exact) mass is 544 g/mol. The van der Waals surface area contributed by atoms with Gasteiger partial charge < -0.3 is 14.8 Å². The molecule has 0 heterocycles. The number of ether oxygens (including phenoxy) is 2. The lowest BCUT2D eigenvalue weighted by Gasteiger charge is -2.12. The van der Waals surface area contributed by atoms with E-state index in [0.717, 1.165) is 0 Å². The van der Waals surface area contributed by atoms with Crippen LogP contribution in [0.4, 0.5) is 5.69 Å². The molecule has 0 unspecified atom stereocenters. The lowest BCUT2D eigenvalue weighted by Crippen LogP contribution is -2.13. The molecule has 6 nitrogen and oxygen atoms in total. The average Bonchev–Trinajstić information content (AvgIpc) is 2.81. The molecule has 9 heteroatoms. The second kappa shape index (κ2) is 11.0. The standard InChI is InChI=1S/C24H15BrCl2N2O4/c1-32-21-11-14(10-18(25)22(21)33-24(31)15-5-3-2-4-6-15)9-16(13-28)23(30)29-20-12-17(26)7-8-19(20)27/h2-12H,1H3,(H,29,30)/b16-9+. The van der Waals surface area contributed by atoms with Gasteiger partial charge in [-0.1, -0.05) is 41.4 Å². The SMILES string of the molecule is COc1cc(/C=C(\C#N)C(=O)Nc2cc(Cl)ccc2Cl)cc(Br)c1OC(=O)c1ccccc1. The smallest absolute Gasteiger partial charge is 0.343 e. The quantitative estimate of drug-likeness (QED) is 0.165. The number of nitrogens with one attached hydrogen (secondary N) is 1. The Balaban J connectivity index is 1.88. The summed E-state index contributed by atoms with van der Waals surface area (Å²) in [4.78, 5) is 25.0. The molecule has 3 aromatic carbocycles. The van der Waals surface area contributed by atoms with Gasteiger partial charge in [0.25, 0.3) is 5.91 Å². The van der Waals surface area contributed by atoms with Crippen LogP contribution < -0.4 is 14.8 Å². The third-order valence-corrected chi connectivity index (χ3v) is 5.46. The van der Waals surface area contributed by atoms with E-state index in [1.165, 1.54) is 31.4 Å². The van der Waals surface area contributed by atoms with E-state index in [4.69, 9.17) is 32.7 Å². The summed E-state index contributed by atoms with van der Waals surface area (Å²) in [6.07, 6.45) is 1.36. The number of esters is 1. The van der Waals surface area contributed by atoms with Crippen molar-refractivity contribution in [1.82, 2.24) is 0 Å². The molecule has 166 valence electrons. The molecule has 0 aromatic heterocycles. The van der Waals surface area contributed by atoms with Crippen molar-refractivity contribution in [3.63, 3.8) is 0 Å². The molecule has 33 heavy (non-hydrogen) atoms. The van der Waals surface area contributed by atoms with Crippen molar-refractivity contribution < 1.29 is 19.1 Å². The van der Waals surface area contributed by atoms with Crippen molar-refractivity contribution >= 4 is 62.8 Å². The topological polar surface area (TPSA) is 88.4 Å². The number of benzene rings is 3. The molecule has 3 aromatic rings. The highest BCUT2D eigenvalue weighted by Crippen LogP contribution is 2.38. The molecule has 0 saturated carbocycles. The first-order valence-electron chi connectivity index (χ1n) is 9.35. The van der Waals surface area contributed by atoms with Crippen molar-refractivity contribution in [2.75, 3.05) is 12.4 Å². The fourth-order valence-corrected chi connectivity index (χ4v) is 3.62. The van der Waals surface area contributed by atoms with Gasteiger partial charge >= 0.3 is 5.97 Å². The summed E-state index contributed by atoms with van der Waals surface area (Å²) in [5.41, 5.74) is 0.923. The predicted molar refractivity (Wildman–Crippen MR) is 131 cm³/mol. The van der Waals surface area contributed by atoms with E-state index < -0.39 is 11.9 Å². The second-order valence-electron chi connectivity index (χ2n) is 6.54. The van der Waals surface area contributed by atoms with Crippen LogP contribution in [0.15, 0.2) is 70.7 Å². The van der Waals surface area contributed by atoms with Crippen molar-refractivity contribution in [3.8, 4) is 17.6 Å². The Morgan fingerprint density at radius 1 is 1.09 bits per heavy atom. The number of anilines is 1. The fourth-order valence-electron chi connectivity index (χ4n) is 2.75. The van der Waals surface area contributed by atoms with Gasteiger partial charge in [-0.2, -0.15) is 5.26 Å². The normalized spacial score (nSPS) is 10.8. The molecule has 0 aliphatic rings. The summed E-state index contributed by atoms with van der Waals surface area (Å²) in [5.74, 6) is -0.836. The van der Waals surface area contributed by atoms with Crippen molar-refractivity contribution in [1.29, 1.82) is 5.26 Å². The number of carbonyl (C=O) groups is 2. The highest BCUT2D eigenvalue weighted by atomic mass is 79.9. The number of halogens is 3. The van der Waals surface area contributed by atoms with Gasteiger partial charge in [0.2, 0.25) is 0 Å². The number of methoxy groups -OCH3 is 1. The summed E-state index contributed by atoms with van der Waals surface area (Å²) in [6.45, 7) is 0. The van der Waals surface area contributed by atoms with E-state index in [9.17, 15) is 14.9 Å². The van der Waals surface area contributed by atoms with E-state index in [0.29, 0.717) is 20.6 Å². The molecule has 0 bridgehead atoms. The maximum absolute atomic E-state index is 12.6. The minimum Gasteiger partial charge on any atom is -0.493 e. The molecular weight excluding hydrogens is 531 g/mol. The van der Waals surface area contributed by atoms with Crippen LogP contribution >= 0.6 is 39.1 Å². The molecule has 0 spiro atoms. The number of rotatable bonds is 6.